The molecular weight excluding hydrogens is 705 g/mol. The van der Waals surface area contributed by atoms with Crippen LogP contribution in [-0.4, -0.2) is 75.9 Å². The van der Waals surface area contributed by atoms with Crippen molar-refractivity contribution in [2.75, 3.05) is 19.0 Å². The standard InChI is InChI=1S/C43H82N2O8S/c1-5-7-9-11-13-15-17-19-21-23-25-27-29-31-38(47)52-34-36(35-54-43(3,4)40(44)41(49)45-37(33-46)42(50)51)53-39(48)32-30-28-26-24-22-20-18-16-14-12-10-8-6-2/h36-37,40,46H,5-35,44H2,1-4H3,(H,45,49)(H,50,51)/t36-,37+,40-/m1/s1. The van der Waals surface area contributed by atoms with Crippen molar-refractivity contribution in [2.24, 2.45) is 5.73 Å². The average molecular weight is 787 g/mol. The number of hydrogen-bond acceptors (Lipinski definition) is 9. The smallest absolute Gasteiger partial charge is 0.328 e. The predicted molar refractivity (Wildman–Crippen MR) is 223 cm³/mol. The molecule has 3 atom stereocenters. The van der Waals surface area contributed by atoms with Crippen molar-refractivity contribution in [1.29, 1.82) is 0 Å². The van der Waals surface area contributed by atoms with Crippen LogP contribution < -0.4 is 11.1 Å². The topological polar surface area (TPSA) is 165 Å². The summed E-state index contributed by atoms with van der Waals surface area (Å²) in [7, 11) is 0. The van der Waals surface area contributed by atoms with Crippen LogP contribution in [-0.2, 0) is 28.7 Å². The summed E-state index contributed by atoms with van der Waals surface area (Å²) in [5.41, 5.74) is 6.21. The van der Waals surface area contributed by atoms with Gasteiger partial charge in [-0.3, -0.25) is 14.4 Å². The third kappa shape index (κ3) is 30.4. The molecule has 0 aromatic carbocycles. The van der Waals surface area contributed by atoms with Gasteiger partial charge in [0.1, 0.15) is 18.8 Å². The molecule has 0 aliphatic rings. The second kappa shape index (κ2) is 35.6. The van der Waals surface area contributed by atoms with Gasteiger partial charge in [0.05, 0.1) is 12.6 Å². The van der Waals surface area contributed by atoms with Gasteiger partial charge in [-0.05, 0) is 26.7 Å². The van der Waals surface area contributed by atoms with Gasteiger partial charge in [-0.1, -0.05) is 168 Å². The fourth-order valence-corrected chi connectivity index (χ4v) is 7.42. The van der Waals surface area contributed by atoms with Gasteiger partial charge in [-0.2, -0.15) is 0 Å². The van der Waals surface area contributed by atoms with E-state index in [0.717, 1.165) is 38.5 Å². The Hall–Kier alpha value is -1.85. The number of nitrogens with one attached hydrogen (secondary N) is 1. The molecule has 0 bridgehead atoms. The first-order valence-electron chi connectivity index (χ1n) is 21.9. The Labute approximate surface area is 334 Å². The van der Waals surface area contributed by atoms with Crippen molar-refractivity contribution in [3.63, 3.8) is 0 Å². The van der Waals surface area contributed by atoms with Gasteiger partial charge in [0, 0.05) is 23.3 Å². The Morgan fingerprint density at radius 1 is 0.630 bits per heavy atom. The lowest BCUT2D eigenvalue weighted by Crippen LogP contribution is -2.56. The van der Waals surface area contributed by atoms with Crippen LogP contribution in [0.15, 0.2) is 0 Å². The van der Waals surface area contributed by atoms with Crippen LogP contribution in [0.1, 0.15) is 207 Å². The number of thioether (sulfide) groups is 1. The van der Waals surface area contributed by atoms with E-state index < -0.39 is 41.4 Å². The molecule has 0 rings (SSSR count). The van der Waals surface area contributed by atoms with Crippen LogP contribution >= 0.6 is 11.8 Å². The first-order valence-corrected chi connectivity index (χ1v) is 22.9. The number of rotatable bonds is 39. The number of unbranched alkanes of at least 4 members (excludes halogenated alkanes) is 24. The maximum absolute atomic E-state index is 12.9. The Kier molecular flexibility index (Phi) is 34.3. The van der Waals surface area contributed by atoms with Crippen LogP contribution in [0, 0.1) is 0 Å². The summed E-state index contributed by atoms with van der Waals surface area (Å²) < 4.78 is 10.5. The van der Waals surface area contributed by atoms with E-state index in [1.165, 1.54) is 140 Å². The minimum Gasteiger partial charge on any atom is -0.480 e. The third-order valence-corrected chi connectivity index (χ3v) is 11.7. The number of carbonyl (C=O) groups excluding carboxylic acids is 3. The molecule has 0 aliphatic heterocycles. The highest BCUT2D eigenvalue weighted by Gasteiger charge is 2.35. The molecule has 1 amide bonds. The number of hydrogen-bond donors (Lipinski definition) is 4. The first-order chi connectivity index (χ1) is 26.0. The van der Waals surface area contributed by atoms with Crippen LogP contribution in [0.2, 0.25) is 0 Å². The summed E-state index contributed by atoms with van der Waals surface area (Å²) in [4.78, 5) is 49.4. The van der Waals surface area contributed by atoms with E-state index in [1.807, 2.05) is 0 Å². The number of carboxylic acid groups (broad SMARTS) is 1. The Bertz CT molecular complexity index is 950. The molecule has 0 aromatic rings. The first kappa shape index (κ1) is 52.2. The lowest BCUT2D eigenvalue weighted by atomic mass is 10.0. The summed E-state index contributed by atoms with van der Waals surface area (Å²) >= 11 is 1.28. The molecule has 0 saturated carbocycles. The van der Waals surface area contributed by atoms with Gasteiger partial charge in [-0.25, -0.2) is 4.79 Å². The zero-order valence-corrected chi connectivity index (χ0v) is 35.8. The summed E-state index contributed by atoms with van der Waals surface area (Å²) in [5, 5.41) is 20.7. The molecule has 0 spiro atoms. The fourth-order valence-electron chi connectivity index (χ4n) is 6.35. The molecule has 0 heterocycles. The van der Waals surface area contributed by atoms with E-state index in [4.69, 9.17) is 15.2 Å². The van der Waals surface area contributed by atoms with Gasteiger partial charge >= 0.3 is 17.9 Å². The molecule has 0 aliphatic carbocycles. The molecule has 0 unspecified atom stereocenters. The highest BCUT2D eigenvalue weighted by molar-refractivity contribution is 8.00. The minimum absolute atomic E-state index is 0.0856. The van der Waals surface area contributed by atoms with E-state index in [0.29, 0.717) is 6.42 Å². The van der Waals surface area contributed by atoms with Crippen LogP contribution in [0.4, 0.5) is 0 Å². The monoisotopic (exact) mass is 787 g/mol. The number of carboxylic acids is 1. The molecule has 11 heteroatoms. The van der Waals surface area contributed by atoms with Gasteiger partial charge in [0.2, 0.25) is 5.91 Å². The highest BCUT2D eigenvalue weighted by Crippen LogP contribution is 2.29. The summed E-state index contributed by atoms with van der Waals surface area (Å²) in [6, 6.07) is -2.58. The van der Waals surface area contributed by atoms with Gasteiger partial charge in [0.15, 0.2) is 0 Å². The third-order valence-electron chi connectivity index (χ3n) is 10.2. The van der Waals surface area contributed by atoms with E-state index in [2.05, 4.69) is 19.2 Å². The van der Waals surface area contributed by atoms with E-state index in [9.17, 15) is 29.4 Å². The van der Waals surface area contributed by atoms with E-state index in [-0.39, 0.29) is 30.7 Å². The number of aliphatic hydroxyl groups excluding tert-OH is 1. The molecular formula is C43H82N2O8S. The zero-order chi connectivity index (χ0) is 40.3. The SMILES string of the molecule is CCCCCCCCCCCCCCCC(=O)OC[C@H](CSC(C)(C)[C@H](N)C(=O)N[C@@H](CO)C(=O)O)OC(=O)CCCCCCCCCCCCCCC. The highest BCUT2D eigenvalue weighted by atomic mass is 32.2. The van der Waals surface area contributed by atoms with Crippen molar-refractivity contribution >= 4 is 35.6 Å². The zero-order valence-electron chi connectivity index (χ0n) is 35.0. The van der Waals surface area contributed by atoms with E-state index in [1.54, 1.807) is 13.8 Å². The van der Waals surface area contributed by atoms with Crippen molar-refractivity contribution in [3.8, 4) is 0 Å². The molecule has 0 fully saturated rings. The molecule has 10 nitrogen and oxygen atoms in total. The van der Waals surface area contributed by atoms with Crippen LogP contribution in [0.5, 0.6) is 0 Å². The number of nitrogens with two attached hydrogens (primary N) is 1. The quantitative estimate of drug-likeness (QED) is 0.0348. The van der Waals surface area contributed by atoms with Crippen molar-refractivity contribution in [3.05, 3.63) is 0 Å². The summed E-state index contributed by atoms with van der Waals surface area (Å²) in [6.07, 6.45) is 31.6. The maximum Gasteiger partial charge on any atom is 0.328 e. The average Bonchev–Trinajstić information content (AvgIpc) is 3.14. The second-order valence-electron chi connectivity index (χ2n) is 15.8. The number of carbonyl (C=O) groups is 4. The molecule has 0 saturated heterocycles. The second-order valence-corrected chi connectivity index (χ2v) is 17.4. The van der Waals surface area contributed by atoms with Crippen molar-refractivity contribution < 1.29 is 38.9 Å². The predicted octanol–water partition coefficient (Wildman–Crippen LogP) is 9.80. The minimum atomic E-state index is -1.46. The Morgan fingerprint density at radius 2 is 1.00 bits per heavy atom. The Morgan fingerprint density at radius 3 is 1.37 bits per heavy atom. The Balaban J connectivity index is 4.69. The fraction of sp³-hybridized carbons (Fsp3) is 0.907. The van der Waals surface area contributed by atoms with Gasteiger partial charge in [0.25, 0.3) is 0 Å². The number of amides is 1. The molecule has 5 N–H and O–H groups in total. The maximum atomic E-state index is 12.9. The lowest BCUT2D eigenvalue weighted by Gasteiger charge is -2.32. The van der Waals surface area contributed by atoms with Gasteiger partial charge in [-0.15, -0.1) is 11.8 Å². The molecule has 0 aromatic heterocycles. The summed E-state index contributed by atoms with van der Waals surface area (Å²) in [6.45, 7) is 7.13. The van der Waals surface area contributed by atoms with Crippen molar-refractivity contribution in [2.45, 2.75) is 230 Å². The number of ether oxygens (including phenoxy) is 2. The van der Waals surface area contributed by atoms with Gasteiger partial charge < -0.3 is 30.7 Å². The molecule has 54 heavy (non-hydrogen) atoms. The van der Waals surface area contributed by atoms with Crippen LogP contribution in [0.3, 0.4) is 0 Å². The summed E-state index contributed by atoms with van der Waals surface area (Å²) in [5.74, 6) is -2.51. The van der Waals surface area contributed by atoms with E-state index >= 15 is 0 Å². The largest absolute Gasteiger partial charge is 0.480 e. The molecule has 318 valence electrons. The lowest BCUT2D eigenvalue weighted by molar-refractivity contribution is -0.157. The van der Waals surface area contributed by atoms with Crippen LogP contribution in [0.25, 0.3) is 0 Å². The number of esters is 2. The number of aliphatic hydroxyl groups is 1. The van der Waals surface area contributed by atoms with Crippen molar-refractivity contribution in [1.82, 2.24) is 5.32 Å². The normalized spacial score (nSPS) is 13.3. The molecule has 0 radical (unpaired) electrons. The number of aliphatic carboxylic acids is 1.